The third-order valence-corrected chi connectivity index (χ3v) is 11.0. The molecule has 6 aromatic rings. The molecule has 0 unspecified atom stereocenters. The molecule has 17 nitrogen and oxygen atoms in total. The number of ether oxygens (including phenoxy) is 1. The summed E-state index contributed by atoms with van der Waals surface area (Å²) in [5.41, 5.74) is 4.58. The van der Waals surface area contributed by atoms with Crippen molar-refractivity contribution in [3.05, 3.63) is 119 Å². The first kappa shape index (κ1) is 38.4. The molecule has 3 aromatic carbocycles. The van der Waals surface area contributed by atoms with Crippen molar-refractivity contribution in [3.8, 4) is 0 Å². The Hall–Kier alpha value is -6.46. The average molecular weight is 787 g/mol. The number of nitrogens with one attached hydrogen (secondary N) is 3. The van der Waals surface area contributed by atoms with Crippen LogP contribution < -0.4 is 20.9 Å². The summed E-state index contributed by atoms with van der Waals surface area (Å²) in [6.45, 7) is 3.76. The number of aliphatic hydroxyl groups excluding tert-OH is 2. The number of hydrogen-bond acceptors (Lipinski definition) is 13. The van der Waals surface area contributed by atoms with E-state index in [9.17, 15) is 19.8 Å². The highest BCUT2D eigenvalue weighted by Crippen LogP contribution is 2.40. The second kappa shape index (κ2) is 17.0. The number of aliphatic hydroxyl groups is 2. The number of hydrogen-bond donors (Lipinski definition) is 5. The molecule has 0 radical (unpaired) electrons. The number of tetrazole rings is 1. The van der Waals surface area contributed by atoms with Gasteiger partial charge in [0.05, 0.1) is 25.0 Å². The fourth-order valence-corrected chi connectivity index (χ4v) is 7.79. The number of carbonyl (C=O) groups excluding carboxylic acids is 2. The average Bonchev–Trinajstić information content (AvgIpc) is 4.08. The molecule has 1 saturated heterocycles. The maximum Gasteiger partial charge on any atom is 0.337 e. The van der Waals surface area contributed by atoms with Crippen molar-refractivity contribution in [1.82, 2.24) is 50.4 Å². The number of anilines is 2. The number of carbonyl (C=O) groups is 2. The van der Waals surface area contributed by atoms with Crippen LogP contribution in [-0.2, 0) is 17.7 Å². The zero-order valence-corrected chi connectivity index (χ0v) is 32.2. The molecule has 1 aliphatic carbocycles. The van der Waals surface area contributed by atoms with Gasteiger partial charge in [0.2, 0.25) is 5.95 Å². The van der Waals surface area contributed by atoms with Crippen molar-refractivity contribution in [3.63, 3.8) is 0 Å². The number of amides is 2. The van der Waals surface area contributed by atoms with Gasteiger partial charge in [0.25, 0.3) is 0 Å². The van der Waals surface area contributed by atoms with Crippen LogP contribution in [0.2, 0.25) is 0 Å². The molecule has 1 saturated carbocycles. The lowest BCUT2D eigenvalue weighted by Crippen LogP contribution is -2.43. The minimum absolute atomic E-state index is 0.00151. The molecular formula is C41H46N12O5. The van der Waals surface area contributed by atoms with E-state index in [1.54, 1.807) is 35.2 Å². The van der Waals surface area contributed by atoms with E-state index in [1.807, 2.05) is 48.2 Å². The summed E-state index contributed by atoms with van der Waals surface area (Å²) < 4.78 is 6.57. The van der Waals surface area contributed by atoms with Gasteiger partial charge in [-0.15, -0.1) is 10.2 Å². The number of imidazole rings is 1. The molecule has 0 spiro atoms. The molecule has 0 bridgehead atoms. The van der Waals surface area contributed by atoms with E-state index in [1.165, 1.54) is 11.9 Å². The van der Waals surface area contributed by atoms with Crippen LogP contribution in [-0.4, -0.2) is 107 Å². The van der Waals surface area contributed by atoms with Gasteiger partial charge < -0.3 is 40.4 Å². The highest BCUT2D eigenvalue weighted by molar-refractivity contribution is 5.89. The van der Waals surface area contributed by atoms with Crippen LogP contribution in [0.3, 0.4) is 0 Å². The Morgan fingerprint density at radius 1 is 0.931 bits per heavy atom. The van der Waals surface area contributed by atoms with Crippen LogP contribution in [0.25, 0.3) is 11.2 Å². The predicted octanol–water partition coefficient (Wildman–Crippen LogP) is 3.39. The lowest BCUT2D eigenvalue weighted by Gasteiger charge is -2.22. The number of rotatable bonds is 13. The number of benzene rings is 3. The molecular weight excluding hydrogens is 741 g/mol. The summed E-state index contributed by atoms with van der Waals surface area (Å²) in [6, 6.07) is 25.7. The standard InChI is InChI=1S/C41H46N12O5/c1-3-33-48-50-53(49-33)32-20-31(35(54)36(32)55)52-24-44-34-37(42-22-30(26-10-6-4-7-11-26)27-12-8-5-9-13-27)46-40(47-38(34)52)51-19-18-29(23-51)45-41(57)43-21-25-14-16-28(17-15-25)39(56)58-2/h4-17,24,29-32,35-36,54-55H,3,18-23H2,1-2H3,(H,42,46,47)(H2,43,45,57)/t29-,31-,32+,35+,36-/m1/s1. The first-order valence-corrected chi connectivity index (χ1v) is 19.5. The Morgan fingerprint density at radius 2 is 1.64 bits per heavy atom. The van der Waals surface area contributed by atoms with E-state index in [2.05, 4.69) is 55.6 Å². The van der Waals surface area contributed by atoms with E-state index in [0.29, 0.717) is 73.2 Å². The first-order valence-electron chi connectivity index (χ1n) is 19.5. The maximum atomic E-state index is 13.0. The van der Waals surface area contributed by atoms with Gasteiger partial charge in [-0.3, -0.25) is 0 Å². The van der Waals surface area contributed by atoms with Crippen molar-refractivity contribution >= 4 is 34.9 Å². The SMILES string of the molecule is CCc1nnn([C@H]2C[C@@H](n3cnc4c(NCC(c5ccccc5)c5ccccc5)nc(N5CC[C@@H](NC(=O)NCc6ccc(C(=O)OC)cc6)C5)nc43)[C@H](O)[C@@H]2O)n1. The van der Waals surface area contributed by atoms with Gasteiger partial charge >= 0.3 is 12.0 Å². The molecule has 1 aliphatic heterocycles. The van der Waals surface area contributed by atoms with Crippen LogP contribution in [0.4, 0.5) is 16.6 Å². The fraction of sp³-hybridized carbons (Fsp3) is 0.366. The van der Waals surface area contributed by atoms with E-state index in [4.69, 9.17) is 19.7 Å². The molecule has 8 rings (SSSR count). The van der Waals surface area contributed by atoms with Crippen LogP contribution >= 0.6 is 0 Å². The second-order valence-corrected chi connectivity index (χ2v) is 14.6. The van der Waals surface area contributed by atoms with E-state index >= 15 is 0 Å². The number of fused-ring (bicyclic) bond motifs is 1. The molecule has 5 N–H and O–H groups in total. The second-order valence-electron chi connectivity index (χ2n) is 14.6. The van der Waals surface area contributed by atoms with E-state index in [-0.39, 0.29) is 24.5 Å². The molecule has 4 heterocycles. The first-order chi connectivity index (χ1) is 28.3. The van der Waals surface area contributed by atoms with Crippen LogP contribution in [0, 0.1) is 0 Å². The van der Waals surface area contributed by atoms with Gasteiger partial charge in [0.1, 0.15) is 18.2 Å². The van der Waals surface area contributed by atoms with Crippen molar-refractivity contribution < 1.29 is 24.5 Å². The van der Waals surface area contributed by atoms with Crippen molar-refractivity contribution in [2.24, 2.45) is 0 Å². The summed E-state index contributed by atoms with van der Waals surface area (Å²) >= 11 is 0. The lowest BCUT2D eigenvalue weighted by atomic mass is 9.91. The topological polar surface area (TPSA) is 210 Å². The maximum absolute atomic E-state index is 13.0. The lowest BCUT2D eigenvalue weighted by molar-refractivity contribution is 0.00473. The van der Waals surface area contributed by atoms with Crippen LogP contribution in [0.5, 0.6) is 0 Å². The minimum atomic E-state index is -1.15. The van der Waals surface area contributed by atoms with Gasteiger partial charge in [-0.25, -0.2) is 14.6 Å². The van der Waals surface area contributed by atoms with Crippen LogP contribution in [0.15, 0.2) is 91.3 Å². The fourth-order valence-electron chi connectivity index (χ4n) is 7.79. The van der Waals surface area contributed by atoms with Gasteiger partial charge in [0, 0.05) is 44.6 Å². The zero-order chi connectivity index (χ0) is 40.2. The molecule has 17 heteroatoms. The highest BCUT2D eigenvalue weighted by atomic mass is 16.5. The summed E-state index contributed by atoms with van der Waals surface area (Å²) in [6.07, 6.45) is 0.912. The molecule has 2 fully saturated rings. The smallest absolute Gasteiger partial charge is 0.337 e. The monoisotopic (exact) mass is 786 g/mol. The molecule has 300 valence electrons. The van der Waals surface area contributed by atoms with Gasteiger partial charge in [-0.05, 0) is 46.9 Å². The van der Waals surface area contributed by atoms with Gasteiger partial charge in [-0.2, -0.15) is 14.8 Å². The summed E-state index contributed by atoms with van der Waals surface area (Å²) in [5, 5.41) is 44.8. The van der Waals surface area contributed by atoms with Crippen molar-refractivity contribution in [2.75, 3.05) is 37.0 Å². The quantitative estimate of drug-likeness (QED) is 0.107. The van der Waals surface area contributed by atoms with Gasteiger partial charge in [0.15, 0.2) is 22.8 Å². The van der Waals surface area contributed by atoms with Gasteiger partial charge in [-0.1, -0.05) is 79.7 Å². The number of aryl methyl sites for hydroxylation is 1. The van der Waals surface area contributed by atoms with Crippen molar-refractivity contribution in [1.29, 1.82) is 0 Å². The number of nitrogens with zero attached hydrogens (tertiary/aromatic N) is 9. The minimum Gasteiger partial charge on any atom is -0.465 e. The Kier molecular flexibility index (Phi) is 11.2. The van der Waals surface area contributed by atoms with Crippen molar-refractivity contribution in [2.45, 2.75) is 69.0 Å². The number of urea groups is 1. The molecule has 5 atom stereocenters. The van der Waals surface area contributed by atoms with E-state index < -0.39 is 30.3 Å². The third-order valence-electron chi connectivity index (χ3n) is 11.0. The molecule has 58 heavy (non-hydrogen) atoms. The number of esters is 1. The summed E-state index contributed by atoms with van der Waals surface area (Å²) in [5.74, 6) is 1.10. The summed E-state index contributed by atoms with van der Waals surface area (Å²) in [7, 11) is 1.33. The summed E-state index contributed by atoms with van der Waals surface area (Å²) in [4.78, 5) is 43.0. The number of aromatic nitrogens is 8. The third kappa shape index (κ3) is 8.03. The highest BCUT2D eigenvalue weighted by Gasteiger charge is 2.45. The molecule has 3 aromatic heterocycles. The molecule has 2 aliphatic rings. The largest absolute Gasteiger partial charge is 0.465 e. The Bertz CT molecular complexity index is 2300. The Balaban J connectivity index is 1.04. The Morgan fingerprint density at radius 3 is 2.31 bits per heavy atom. The molecule has 2 amide bonds. The Labute approximate surface area is 334 Å². The zero-order valence-electron chi connectivity index (χ0n) is 32.2. The van der Waals surface area contributed by atoms with E-state index in [0.717, 1.165) is 16.7 Å². The predicted molar refractivity (Wildman–Crippen MR) is 214 cm³/mol. The normalized spacial score (nSPS) is 20.4. The number of methoxy groups -OCH3 is 1. The van der Waals surface area contributed by atoms with Crippen LogP contribution in [0.1, 0.15) is 70.6 Å².